The van der Waals surface area contributed by atoms with Gasteiger partial charge in [0.05, 0.1) is 6.21 Å². The maximum Gasteiger partial charge on any atom is 0.292 e. The number of nitrogens with one attached hydrogen (secondary N) is 1. The lowest BCUT2D eigenvalue weighted by atomic mass is 10.1. The van der Waals surface area contributed by atoms with Crippen LogP contribution in [0.4, 0.5) is 4.39 Å². The number of halogens is 1. The van der Waals surface area contributed by atoms with E-state index in [1.807, 2.05) is 0 Å². The Balaban J connectivity index is 2.13. The van der Waals surface area contributed by atoms with E-state index in [9.17, 15) is 14.0 Å². The molecular formula is C15H13FN4O3. The van der Waals surface area contributed by atoms with E-state index in [0.29, 0.717) is 0 Å². The number of hydrazone groups is 1. The van der Waals surface area contributed by atoms with Gasteiger partial charge in [0.2, 0.25) is 0 Å². The van der Waals surface area contributed by atoms with Crippen molar-refractivity contribution in [3.05, 3.63) is 65.2 Å². The number of carbonyl (C=O) groups excluding carboxylic acids is 2. The fourth-order valence-electron chi connectivity index (χ4n) is 1.69. The van der Waals surface area contributed by atoms with Crippen LogP contribution >= 0.6 is 0 Å². The Bertz CT molecular complexity index is 750. The summed E-state index contributed by atoms with van der Waals surface area (Å²) in [6.45, 7) is 0. The van der Waals surface area contributed by atoms with Gasteiger partial charge in [-0.05, 0) is 30.3 Å². The fourth-order valence-corrected chi connectivity index (χ4v) is 1.69. The van der Waals surface area contributed by atoms with E-state index in [1.54, 1.807) is 12.1 Å². The van der Waals surface area contributed by atoms with Crippen LogP contribution in [0.25, 0.3) is 0 Å². The molecule has 1 aromatic heterocycles. The Morgan fingerprint density at radius 2 is 2.13 bits per heavy atom. The molecular weight excluding hydrogens is 303 g/mol. The highest BCUT2D eigenvalue weighted by molar-refractivity contribution is 5.95. The van der Waals surface area contributed by atoms with Crippen LogP contribution in [0.2, 0.25) is 0 Å². The van der Waals surface area contributed by atoms with Gasteiger partial charge in [0.1, 0.15) is 11.5 Å². The number of hydrogen-bond acceptors (Lipinski definition) is 5. The molecule has 2 aromatic rings. The van der Waals surface area contributed by atoms with Crippen molar-refractivity contribution in [2.75, 3.05) is 7.05 Å². The van der Waals surface area contributed by atoms with Crippen LogP contribution in [-0.2, 0) is 0 Å². The normalized spacial score (nSPS) is 10.6. The molecule has 0 radical (unpaired) electrons. The molecule has 0 atom stereocenters. The first-order chi connectivity index (χ1) is 11.0. The summed E-state index contributed by atoms with van der Waals surface area (Å²) in [5.41, 5.74) is 1.66. The highest BCUT2D eigenvalue weighted by Crippen LogP contribution is 2.09. The largest absolute Gasteiger partial charge is 0.292 e. The predicted molar refractivity (Wildman–Crippen MR) is 79.6 cm³/mol. The zero-order valence-corrected chi connectivity index (χ0v) is 12.1. The Morgan fingerprint density at radius 3 is 2.74 bits per heavy atom. The van der Waals surface area contributed by atoms with Crippen molar-refractivity contribution in [1.82, 2.24) is 15.5 Å². The number of amides is 2. The van der Waals surface area contributed by atoms with Crippen LogP contribution in [0.5, 0.6) is 0 Å². The Kier molecular flexibility index (Phi) is 5.11. The van der Waals surface area contributed by atoms with Crippen molar-refractivity contribution in [2.45, 2.75) is 0 Å². The number of hydroxylamine groups is 1. The minimum Gasteiger partial charge on any atom is -0.288 e. The molecule has 2 amide bonds. The van der Waals surface area contributed by atoms with E-state index in [2.05, 4.69) is 10.1 Å². The second kappa shape index (κ2) is 7.23. The lowest BCUT2D eigenvalue weighted by Crippen LogP contribution is -2.22. The van der Waals surface area contributed by atoms with E-state index < -0.39 is 17.6 Å². The smallest absolute Gasteiger partial charge is 0.288 e. The van der Waals surface area contributed by atoms with Crippen LogP contribution in [-0.4, -0.2) is 40.3 Å². The number of hydrogen-bond donors (Lipinski definition) is 2. The average Bonchev–Trinajstić information content (AvgIpc) is 2.59. The fraction of sp³-hybridized carbons (Fsp3) is 0.0667. The lowest BCUT2D eigenvalue weighted by molar-refractivity contribution is 0.0705. The molecule has 118 valence electrons. The van der Waals surface area contributed by atoms with Crippen molar-refractivity contribution in [3.8, 4) is 0 Å². The van der Waals surface area contributed by atoms with Gasteiger partial charge in [0.25, 0.3) is 11.8 Å². The topological polar surface area (TPSA) is 94.9 Å². The molecule has 2 rings (SSSR count). The van der Waals surface area contributed by atoms with Crippen LogP contribution in [0.1, 0.15) is 26.4 Å². The van der Waals surface area contributed by atoms with Gasteiger partial charge in [0.15, 0.2) is 0 Å². The number of nitrogens with zero attached hydrogens (tertiary/aromatic N) is 3. The molecule has 0 aliphatic carbocycles. The van der Waals surface area contributed by atoms with E-state index in [-0.39, 0.29) is 16.8 Å². The molecule has 0 saturated carbocycles. The van der Waals surface area contributed by atoms with Crippen molar-refractivity contribution in [3.63, 3.8) is 0 Å². The van der Waals surface area contributed by atoms with Gasteiger partial charge in [-0.2, -0.15) is 5.10 Å². The highest BCUT2D eigenvalue weighted by Gasteiger charge is 2.12. The Labute approximate surface area is 131 Å². The number of benzene rings is 1. The van der Waals surface area contributed by atoms with Gasteiger partial charge < -0.3 is 0 Å². The molecule has 2 N–H and O–H groups in total. The molecule has 23 heavy (non-hydrogen) atoms. The van der Waals surface area contributed by atoms with E-state index >= 15 is 0 Å². The molecule has 7 nitrogen and oxygen atoms in total. The Morgan fingerprint density at radius 1 is 1.35 bits per heavy atom. The van der Waals surface area contributed by atoms with Gasteiger partial charge in [-0.25, -0.2) is 14.9 Å². The maximum absolute atomic E-state index is 13.9. The Hall–Kier alpha value is -3.13. The summed E-state index contributed by atoms with van der Waals surface area (Å²) in [5, 5.41) is 13.4. The first-order valence-electron chi connectivity index (χ1n) is 6.50. The molecule has 0 fully saturated rings. The molecule has 0 bridgehead atoms. The standard InChI is InChI=1S/C15H13FN4O3/c1-20(15(22)13-4-2-3-7-17-13)18-9-11-6-5-10(8-12(11)16)14(21)19-23/h2-9,23H,1H3,(H,19,21)/b18-9+. The second-order valence-electron chi connectivity index (χ2n) is 4.47. The summed E-state index contributed by atoms with van der Waals surface area (Å²) >= 11 is 0. The predicted octanol–water partition coefficient (Wildman–Crippen LogP) is 1.45. The van der Waals surface area contributed by atoms with Crippen molar-refractivity contribution >= 4 is 18.0 Å². The minimum absolute atomic E-state index is 0.0416. The van der Waals surface area contributed by atoms with Crippen molar-refractivity contribution in [1.29, 1.82) is 0 Å². The van der Waals surface area contributed by atoms with Gasteiger partial charge in [0, 0.05) is 24.4 Å². The maximum atomic E-state index is 13.9. The molecule has 0 aliphatic rings. The van der Waals surface area contributed by atoms with E-state index in [1.165, 1.54) is 36.9 Å². The van der Waals surface area contributed by atoms with Crippen LogP contribution < -0.4 is 5.48 Å². The van der Waals surface area contributed by atoms with Crippen molar-refractivity contribution < 1.29 is 19.2 Å². The number of rotatable bonds is 4. The summed E-state index contributed by atoms with van der Waals surface area (Å²) in [5.74, 6) is -1.98. The molecule has 0 aliphatic heterocycles. The zero-order valence-electron chi connectivity index (χ0n) is 12.1. The molecule has 0 saturated heterocycles. The van der Waals surface area contributed by atoms with Gasteiger partial charge in [-0.3, -0.25) is 19.8 Å². The molecule has 8 heteroatoms. The zero-order chi connectivity index (χ0) is 16.8. The first-order valence-corrected chi connectivity index (χ1v) is 6.50. The van der Waals surface area contributed by atoms with Gasteiger partial charge in [-0.1, -0.05) is 6.07 Å². The van der Waals surface area contributed by atoms with Crippen LogP contribution in [0, 0.1) is 5.82 Å². The second-order valence-corrected chi connectivity index (χ2v) is 4.47. The summed E-state index contributed by atoms with van der Waals surface area (Å²) in [6, 6.07) is 8.46. The molecule has 1 aromatic carbocycles. The molecule has 0 spiro atoms. The third-order valence-electron chi connectivity index (χ3n) is 2.91. The monoisotopic (exact) mass is 316 g/mol. The van der Waals surface area contributed by atoms with Gasteiger partial charge >= 0.3 is 0 Å². The summed E-state index contributed by atoms with van der Waals surface area (Å²) in [7, 11) is 1.42. The summed E-state index contributed by atoms with van der Waals surface area (Å²) in [6.07, 6.45) is 2.63. The average molecular weight is 316 g/mol. The summed E-state index contributed by atoms with van der Waals surface area (Å²) in [4.78, 5) is 27.1. The number of aromatic nitrogens is 1. The SMILES string of the molecule is CN(/N=C/c1ccc(C(=O)NO)cc1F)C(=O)c1ccccn1. The highest BCUT2D eigenvalue weighted by atomic mass is 19.1. The van der Waals surface area contributed by atoms with E-state index in [0.717, 1.165) is 17.3 Å². The lowest BCUT2D eigenvalue weighted by Gasteiger charge is -2.10. The third-order valence-corrected chi connectivity index (χ3v) is 2.91. The van der Waals surface area contributed by atoms with Crippen LogP contribution in [0.15, 0.2) is 47.7 Å². The van der Waals surface area contributed by atoms with E-state index in [4.69, 9.17) is 5.21 Å². The third kappa shape index (κ3) is 3.95. The number of carbonyl (C=O) groups is 2. The van der Waals surface area contributed by atoms with Crippen LogP contribution in [0.3, 0.4) is 0 Å². The minimum atomic E-state index is -0.824. The summed E-state index contributed by atoms with van der Waals surface area (Å²) < 4.78 is 13.9. The van der Waals surface area contributed by atoms with Gasteiger partial charge in [-0.15, -0.1) is 0 Å². The quantitative estimate of drug-likeness (QED) is 0.507. The number of pyridine rings is 1. The molecule has 1 heterocycles. The van der Waals surface area contributed by atoms with Crippen molar-refractivity contribution in [2.24, 2.45) is 5.10 Å². The first kappa shape index (κ1) is 16.2. The molecule has 0 unspecified atom stereocenters.